The van der Waals surface area contributed by atoms with Crippen LogP contribution in [-0.2, 0) is 21.8 Å². The lowest BCUT2D eigenvalue weighted by atomic mass is 9.78. The molecule has 1 fully saturated rings. The van der Waals surface area contributed by atoms with E-state index >= 15 is 13.2 Å². The SMILES string of the molecule is CCCCCOCCCCCC1CCc2cc(-c3ccc(OCC4OC4CCCC)cc3)nc(F)c2C1(F)F. The van der Waals surface area contributed by atoms with Crippen LogP contribution in [-0.4, -0.2) is 37.0 Å². The van der Waals surface area contributed by atoms with E-state index in [2.05, 4.69) is 18.8 Å². The first kappa shape index (κ1) is 29.9. The van der Waals surface area contributed by atoms with E-state index in [-0.39, 0.29) is 6.10 Å². The molecule has 0 amide bonds. The van der Waals surface area contributed by atoms with Crippen LogP contribution in [0, 0.1) is 11.9 Å². The maximum absolute atomic E-state index is 15.4. The third-order valence-corrected chi connectivity index (χ3v) is 7.99. The number of alkyl halides is 2. The molecule has 1 aromatic heterocycles. The molecule has 1 aliphatic heterocycles. The molecule has 3 unspecified atom stereocenters. The number of aryl methyl sites for hydroxylation is 1. The van der Waals surface area contributed by atoms with Crippen LogP contribution in [0.3, 0.4) is 0 Å². The molecule has 2 aliphatic rings. The lowest BCUT2D eigenvalue weighted by Gasteiger charge is -2.33. The first-order chi connectivity index (χ1) is 18.9. The summed E-state index contributed by atoms with van der Waals surface area (Å²) in [5.41, 5.74) is 0.901. The zero-order chi connectivity index (χ0) is 27.7. The van der Waals surface area contributed by atoms with Crippen molar-refractivity contribution in [2.24, 2.45) is 5.92 Å². The summed E-state index contributed by atoms with van der Waals surface area (Å²) in [4.78, 5) is 3.97. The fourth-order valence-corrected chi connectivity index (χ4v) is 5.51. The average molecular weight is 548 g/mol. The van der Waals surface area contributed by atoms with Gasteiger partial charge in [-0.2, -0.15) is 4.39 Å². The smallest absolute Gasteiger partial charge is 0.280 e. The van der Waals surface area contributed by atoms with Crippen molar-refractivity contribution in [1.82, 2.24) is 4.98 Å². The van der Waals surface area contributed by atoms with Crippen LogP contribution in [0.1, 0.15) is 95.6 Å². The van der Waals surface area contributed by atoms with Gasteiger partial charge in [-0.1, -0.05) is 52.4 Å². The number of epoxide rings is 1. The molecule has 3 atom stereocenters. The van der Waals surface area contributed by atoms with Gasteiger partial charge >= 0.3 is 0 Å². The molecule has 0 bridgehead atoms. The quantitative estimate of drug-likeness (QED) is 0.113. The molecule has 39 heavy (non-hydrogen) atoms. The third kappa shape index (κ3) is 8.20. The maximum atomic E-state index is 15.4. The predicted molar refractivity (Wildman–Crippen MR) is 148 cm³/mol. The second-order valence-corrected chi connectivity index (χ2v) is 11.1. The number of hydrogen-bond donors (Lipinski definition) is 0. The second-order valence-electron chi connectivity index (χ2n) is 11.1. The van der Waals surface area contributed by atoms with Gasteiger partial charge in [-0.3, -0.25) is 0 Å². The number of nitrogens with zero attached hydrogens (tertiary/aromatic N) is 1. The molecular weight excluding hydrogens is 503 g/mol. The Morgan fingerprint density at radius 2 is 1.67 bits per heavy atom. The Kier molecular flexibility index (Phi) is 11.1. The third-order valence-electron chi connectivity index (χ3n) is 7.99. The minimum atomic E-state index is -3.21. The van der Waals surface area contributed by atoms with E-state index in [4.69, 9.17) is 14.2 Å². The highest BCUT2D eigenvalue weighted by atomic mass is 19.3. The minimum Gasteiger partial charge on any atom is -0.491 e. The number of rotatable bonds is 17. The molecule has 4 rings (SSSR count). The van der Waals surface area contributed by atoms with Crippen molar-refractivity contribution in [2.45, 2.75) is 109 Å². The standard InChI is InChI=1S/C32H44F3NO3/c1-3-5-9-19-37-20-10-7-8-11-25-16-13-24-21-27(36-31(33)30(24)32(25,34)35)23-14-17-26(18-15-23)38-22-29-28(39-29)12-6-4-2/h14-15,17-18,21,25,28-29H,3-13,16,19-20,22H2,1-2H3. The summed E-state index contributed by atoms with van der Waals surface area (Å²) in [6, 6.07) is 8.83. The fraction of sp³-hybridized carbons (Fsp3) is 0.656. The van der Waals surface area contributed by atoms with Gasteiger partial charge < -0.3 is 14.2 Å². The van der Waals surface area contributed by atoms with Crippen molar-refractivity contribution in [2.75, 3.05) is 19.8 Å². The predicted octanol–water partition coefficient (Wildman–Crippen LogP) is 8.65. The fourth-order valence-electron chi connectivity index (χ4n) is 5.51. The first-order valence-corrected chi connectivity index (χ1v) is 15.0. The van der Waals surface area contributed by atoms with Crippen LogP contribution in [0.2, 0.25) is 0 Å². The van der Waals surface area contributed by atoms with E-state index in [9.17, 15) is 0 Å². The molecule has 2 aromatic rings. The largest absolute Gasteiger partial charge is 0.491 e. The molecule has 0 spiro atoms. The average Bonchev–Trinajstić information content (AvgIpc) is 3.69. The van der Waals surface area contributed by atoms with E-state index in [1.54, 1.807) is 30.3 Å². The second kappa shape index (κ2) is 14.5. The molecule has 2 heterocycles. The number of aromatic nitrogens is 1. The molecule has 1 aromatic carbocycles. The molecule has 216 valence electrons. The molecule has 0 radical (unpaired) electrons. The topological polar surface area (TPSA) is 43.9 Å². The molecule has 7 heteroatoms. The van der Waals surface area contributed by atoms with E-state index in [0.717, 1.165) is 45.1 Å². The molecule has 1 saturated heterocycles. The zero-order valence-corrected chi connectivity index (χ0v) is 23.5. The van der Waals surface area contributed by atoms with Gasteiger partial charge in [0.05, 0.1) is 17.4 Å². The number of unbranched alkanes of at least 4 members (excludes halogenated alkanes) is 5. The molecule has 1 aliphatic carbocycles. The van der Waals surface area contributed by atoms with Crippen LogP contribution in [0.5, 0.6) is 5.75 Å². The zero-order valence-electron chi connectivity index (χ0n) is 23.5. The van der Waals surface area contributed by atoms with Crippen LogP contribution in [0.4, 0.5) is 13.2 Å². The Morgan fingerprint density at radius 3 is 2.41 bits per heavy atom. The van der Waals surface area contributed by atoms with Crippen molar-refractivity contribution < 1.29 is 27.4 Å². The van der Waals surface area contributed by atoms with E-state index in [0.29, 0.717) is 67.6 Å². The summed E-state index contributed by atoms with van der Waals surface area (Å²) in [6.07, 6.45) is 10.8. The van der Waals surface area contributed by atoms with Gasteiger partial charge in [0.15, 0.2) is 0 Å². The Bertz CT molecular complexity index is 1030. The van der Waals surface area contributed by atoms with Gasteiger partial charge in [0.2, 0.25) is 5.95 Å². The van der Waals surface area contributed by atoms with Crippen LogP contribution < -0.4 is 4.74 Å². The first-order valence-electron chi connectivity index (χ1n) is 15.0. The van der Waals surface area contributed by atoms with Gasteiger partial charge in [0, 0.05) is 24.7 Å². The number of ether oxygens (including phenoxy) is 3. The van der Waals surface area contributed by atoms with Crippen molar-refractivity contribution in [3.8, 4) is 17.0 Å². The maximum Gasteiger partial charge on any atom is 0.280 e. The van der Waals surface area contributed by atoms with Crippen LogP contribution in [0.15, 0.2) is 30.3 Å². The summed E-state index contributed by atoms with van der Waals surface area (Å²) in [7, 11) is 0. The minimum absolute atomic E-state index is 0.146. The summed E-state index contributed by atoms with van der Waals surface area (Å²) in [6.45, 7) is 6.27. The Labute approximate surface area is 231 Å². The molecule has 4 nitrogen and oxygen atoms in total. The summed E-state index contributed by atoms with van der Waals surface area (Å²) in [5, 5.41) is 0. The Balaban J connectivity index is 1.28. The number of halogens is 3. The van der Waals surface area contributed by atoms with Gasteiger partial charge in [-0.05, 0) is 74.4 Å². The normalized spacial score (nSPS) is 21.5. The lowest BCUT2D eigenvalue weighted by Crippen LogP contribution is -2.33. The summed E-state index contributed by atoms with van der Waals surface area (Å²) < 4.78 is 62.9. The lowest BCUT2D eigenvalue weighted by molar-refractivity contribution is -0.0825. The number of benzene rings is 1. The number of hydrogen-bond acceptors (Lipinski definition) is 4. The van der Waals surface area contributed by atoms with Crippen molar-refractivity contribution in [3.05, 3.63) is 47.4 Å². The highest BCUT2D eigenvalue weighted by Crippen LogP contribution is 2.47. The van der Waals surface area contributed by atoms with E-state index in [1.807, 2.05) is 0 Å². The molecular formula is C32H44F3NO3. The van der Waals surface area contributed by atoms with E-state index in [1.165, 1.54) is 12.8 Å². The monoisotopic (exact) mass is 547 g/mol. The van der Waals surface area contributed by atoms with Crippen LogP contribution >= 0.6 is 0 Å². The summed E-state index contributed by atoms with van der Waals surface area (Å²) >= 11 is 0. The van der Waals surface area contributed by atoms with Crippen molar-refractivity contribution in [1.29, 1.82) is 0 Å². The Hall–Kier alpha value is -2.12. The van der Waals surface area contributed by atoms with Crippen molar-refractivity contribution in [3.63, 3.8) is 0 Å². The Morgan fingerprint density at radius 1 is 0.923 bits per heavy atom. The number of pyridine rings is 1. The van der Waals surface area contributed by atoms with Crippen LogP contribution in [0.25, 0.3) is 11.3 Å². The van der Waals surface area contributed by atoms with E-state index < -0.39 is 23.4 Å². The molecule has 0 N–H and O–H groups in total. The molecule has 0 saturated carbocycles. The van der Waals surface area contributed by atoms with Gasteiger partial charge in [0.1, 0.15) is 18.5 Å². The van der Waals surface area contributed by atoms with Gasteiger partial charge in [0.25, 0.3) is 5.92 Å². The van der Waals surface area contributed by atoms with Gasteiger partial charge in [-0.25, -0.2) is 13.8 Å². The van der Waals surface area contributed by atoms with Crippen molar-refractivity contribution >= 4 is 0 Å². The highest BCUT2D eigenvalue weighted by Gasteiger charge is 2.47. The highest BCUT2D eigenvalue weighted by molar-refractivity contribution is 5.62. The number of fused-ring (bicyclic) bond motifs is 1. The van der Waals surface area contributed by atoms with Gasteiger partial charge in [-0.15, -0.1) is 0 Å². The summed E-state index contributed by atoms with van der Waals surface area (Å²) in [5.74, 6) is -4.43.